The van der Waals surface area contributed by atoms with Crippen molar-refractivity contribution in [3.8, 4) is 5.75 Å². The molecule has 25 heavy (non-hydrogen) atoms. The molecule has 0 aliphatic rings. The van der Waals surface area contributed by atoms with E-state index in [9.17, 15) is 9.59 Å². The van der Waals surface area contributed by atoms with Gasteiger partial charge in [0, 0.05) is 11.1 Å². The van der Waals surface area contributed by atoms with Crippen LogP contribution in [0.4, 0.5) is 0 Å². The molecule has 0 aromatic heterocycles. The highest BCUT2D eigenvalue weighted by atomic mass is 35.5. The van der Waals surface area contributed by atoms with Crippen molar-refractivity contribution in [1.29, 1.82) is 0 Å². The third kappa shape index (κ3) is 5.48. The first-order valence-corrected chi connectivity index (χ1v) is 7.95. The molecule has 0 bridgehead atoms. The number of methoxy groups -OCH3 is 1. The molecule has 0 saturated heterocycles. The van der Waals surface area contributed by atoms with E-state index in [1.165, 1.54) is 13.3 Å². The molecule has 0 aliphatic carbocycles. The Kier molecular flexibility index (Phi) is 6.80. The van der Waals surface area contributed by atoms with E-state index in [2.05, 4.69) is 15.8 Å². The van der Waals surface area contributed by atoms with Crippen LogP contribution >= 0.6 is 23.2 Å². The second kappa shape index (κ2) is 9.05. The van der Waals surface area contributed by atoms with E-state index in [0.29, 0.717) is 26.9 Å². The predicted molar refractivity (Wildman–Crippen MR) is 97.5 cm³/mol. The van der Waals surface area contributed by atoms with E-state index >= 15 is 0 Å². The molecule has 0 heterocycles. The van der Waals surface area contributed by atoms with Crippen LogP contribution < -0.4 is 15.5 Å². The van der Waals surface area contributed by atoms with Crippen LogP contribution in [0, 0.1) is 0 Å². The topological polar surface area (TPSA) is 79.8 Å². The minimum atomic E-state index is -0.485. The summed E-state index contributed by atoms with van der Waals surface area (Å²) in [5, 5.41) is 7.10. The fraction of sp³-hybridized carbons (Fsp3) is 0.118. The normalized spacial score (nSPS) is 10.5. The molecule has 0 unspecified atom stereocenters. The maximum atomic E-state index is 11.9. The highest BCUT2D eigenvalue weighted by molar-refractivity contribution is 6.38. The van der Waals surface area contributed by atoms with Gasteiger partial charge in [0.05, 0.1) is 29.9 Å². The monoisotopic (exact) mass is 379 g/mol. The SMILES string of the molecule is COc1ccc(C(=O)NCC(=O)NN=Cc2c(Cl)cccc2Cl)cc1. The number of carbonyl (C=O) groups is 2. The largest absolute Gasteiger partial charge is 0.497 e. The standard InChI is InChI=1S/C17H15Cl2N3O3/c1-25-12-7-5-11(6-8-12)17(24)20-10-16(23)22-21-9-13-14(18)3-2-4-15(13)19/h2-9H,10H2,1H3,(H,20,24)(H,22,23). The lowest BCUT2D eigenvalue weighted by molar-refractivity contribution is -0.120. The number of nitrogens with one attached hydrogen (secondary N) is 2. The van der Waals surface area contributed by atoms with E-state index < -0.39 is 5.91 Å². The van der Waals surface area contributed by atoms with Gasteiger partial charge in [-0.05, 0) is 36.4 Å². The van der Waals surface area contributed by atoms with Crippen LogP contribution in [0.1, 0.15) is 15.9 Å². The van der Waals surface area contributed by atoms with Crippen LogP contribution in [0.2, 0.25) is 10.0 Å². The van der Waals surface area contributed by atoms with Crippen molar-refractivity contribution in [2.75, 3.05) is 13.7 Å². The maximum absolute atomic E-state index is 11.9. The Labute approximate surface area is 154 Å². The summed E-state index contributed by atoms with van der Waals surface area (Å²) in [4.78, 5) is 23.6. The smallest absolute Gasteiger partial charge is 0.259 e. The van der Waals surface area contributed by atoms with Crippen LogP contribution in [0.25, 0.3) is 0 Å². The Balaban J connectivity index is 1.84. The highest BCUT2D eigenvalue weighted by Gasteiger charge is 2.08. The maximum Gasteiger partial charge on any atom is 0.259 e. The van der Waals surface area contributed by atoms with Crippen molar-refractivity contribution < 1.29 is 14.3 Å². The zero-order valence-corrected chi connectivity index (χ0v) is 14.8. The van der Waals surface area contributed by atoms with Crippen LogP contribution in [0.3, 0.4) is 0 Å². The van der Waals surface area contributed by atoms with Gasteiger partial charge in [-0.2, -0.15) is 5.10 Å². The molecule has 0 saturated carbocycles. The van der Waals surface area contributed by atoms with Crippen LogP contribution in [-0.4, -0.2) is 31.7 Å². The van der Waals surface area contributed by atoms with Crippen molar-refractivity contribution >= 4 is 41.2 Å². The van der Waals surface area contributed by atoms with Gasteiger partial charge in [-0.25, -0.2) is 5.43 Å². The Morgan fingerprint density at radius 2 is 1.76 bits per heavy atom. The van der Waals surface area contributed by atoms with Crippen molar-refractivity contribution in [1.82, 2.24) is 10.7 Å². The number of hydrazone groups is 1. The number of carbonyl (C=O) groups excluding carboxylic acids is 2. The van der Waals surface area contributed by atoms with E-state index in [1.807, 2.05) is 0 Å². The van der Waals surface area contributed by atoms with Gasteiger partial charge in [-0.1, -0.05) is 29.3 Å². The van der Waals surface area contributed by atoms with E-state index in [1.54, 1.807) is 42.5 Å². The van der Waals surface area contributed by atoms with E-state index in [-0.39, 0.29) is 12.5 Å². The number of hydrogen-bond acceptors (Lipinski definition) is 4. The summed E-state index contributed by atoms with van der Waals surface area (Å²) in [5.74, 6) is -0.223. The lowest BCUT2D eigenvalue weighted by Gasteiger charge is -2.05. The molecule has 8 heteroatoms. The number of halogens is 2. The fourth-order valence-electron chi connectivity index (χ4n) is 1.85. The number of amides is 2. The number of nitrogens with zero attached hydrogens (tertiary/aromatic N) is 1. The summed E-state index contributed by atoms with van der Waals surface area (Å²) in [5.41, 5.74) is 3.20. The molecule has 0 radical (unpaired) electrons. The van der Waals surface area contributed by atoms with Gasteiger partial charge >= 0.3 is 0 Å². The van der Waals surface area contributed by atoms with Gasteiger partial charge in [0.25, 0.3) is 11.8 Å². The van der Waals surface area contributed by atoms with Crippen LogP contribution in [0.5, 0.6) is 5.75 Å². The fourth-order valence-corrected chi connectivity index (χ4v) is 2.34. The molecule has 2 N–H and O–H groups in total. The Hall–Kier alpha value is -2.57. The van der Waals surface area contributed by atoms with Crippen molar-refractivity contribution in [3.05, 3.63) is 63.6 Å². The third-order valence-corrected chi connectivity index (χ3v) is 3.80. The average Bonchev–Trinajstić information content (AvgIpc) is 2.62. The number of benzene rings is 2. The first kappa shape index (κ1) is 18.8. The molecule has 0 spiro atoms. The molecule has 2 rings (SSSR count). The molecule has 2 amide bonds. The quantitative estimate of drug-likeness (QED) is 0.598. The van der Waals surface area contributed by atoms with E-state index in [4.69, 9.17) is 27.9 Å². The van der Waals surface area contributed by atoms with Crippen LogP contribution in [-0.2, 0) is 4.79 Å². The van der Waals surface area contributed by atoms with Crippen molar-refractivity contribution in [2.45, 2.75) is 0 Å². The van der Waals surface area contributed by atoms with Gasteiger partial charge in [0.2, 0.25) is 0 Å². The summed E-state index contributed by atoms with van der Waals surface area (Å²) in [6, 6.07) is 11.5. The van der Waals surface area contributed by atoms with E-state index in [0.717, 1.165) is 0 Å². The Bertz CT molecular complexity index is 772. The molecule has 0 atom stereocenters. The first-order valence-electron chi connectivity index (χ1n) is 7.19. The number of rotatable bonds is 6. The van der Waals surface area contributed by atoms with Gasteiger partial charge in [-0.3, -0.25) is 9.59 Å². The lowest BCUT2D eigenvalue weighted by Crippen LogP contribution is -2.34. The summed E-state index contributed by atoms with van der Waals surface area (Å²) in [7, 11) is 1.54. The highest BCUT2D eigenvalue weighted by Crippen LogP contribution is 2.21. The van der Waals surface area contributed by atoms with Gasteiger partial charge in [0.15, 0.2) is 0 Å². The summed E-state index contributed by atoms with van der Waals surface area (Å²) in [6.07, 6.45) is 1.34. The molecule has 130 valence electrons. The van der Waals surface area contributed by atoms with Gasteiger partial charge in [-0.15, -0.1) is 0 Å². The third-order valence-electron chi connectivity index (χ3n) is 3.14. The number of ether oxygens (including phenoxy) is 1. The summed E-state index contributed by atoms with van der Waals surface area (Å²) in [6.45, 7) is -0.224. The Morgan fingerprint density at radius 1 is 1.12 bits per heavy atom. The summed E-state index contributed by atoms with van der Waals surface area (Å²) >= 11 is 12.0. The summed E-state index contributed by atoms with van der Waals surface area (Å²) < 4.78 is 5.01. The molecule has 2 aromatic carbocycles. The first-order chi connectivity index (χ1) is 12.0. The minimum absolute atomic E-state index is 0.224. The molecule has 6 nitrogen and oxygen atoms in total. The van der Waals surface area contributed by atoms with Gasteiger partial charge < -0.3 is 10.1 Å². The molecule has 2 aromatic rings. The molecule has 0 aliphatic heterocycles. The predicted octanol–water partition coefficient (Wildman–Crippen LogP) is 2.88. The second-order valence-corrected chi connectivity index (χ2v) is 5.65. The Morgan fingerprint density at radius 3 is 2.36 bits per heavy atom. The zero-order chi connectivity index (χ0) is 18.2. The van der Waals surface area contributed by atoms with Crippen molar-refractivity contribution in [3.63, 3.8) is 0 Å². The second-order valence-electron chi connectivity index (χ2n) is 4.84. The zero-order valence-electron chi connectivity index (χ0n) is 13.3. The van der Waals surface area contributed by atoms with Crippen molar-refractivity contribution in [2.24, 2.45) is 5.10 Å². The molecular weight excluding hydrogens is 365 g/mol. The van der Waals surface area contributed by atoms with Gasteiger partial charge in [0.1, 0.15) is 5.75 Å². The molecular formula is C17H15Cl2N3O3. The lowest BCUT2D eigenvalue weighted by atomic mass is 10.2. The number of hydrogen-bond donors (Lipinski definition) is 2. The average molecular weight is 380 g/mol. The minimum Gasteiger partial charge on any atom is -0.497 e. The molecule has 0 fully saturated rings. The van der Waals surface area contributed by atoms with Crippen LogP contribution in [0.15, 0.2) is 47.6 Å².